The Hall–Kier alpha value is -3.38. The number of hydrogen-bond donors (Lipinski definition) is 1. The van der Waals surface area contributed by atoms with E-state index in [1.54, 1.807) is 0 Å². The number of amides is 1. The van der Waals surface area contributed by atoms with Crippen molar-refractivity contribution in [3.8, 4) is 11.4 Å². The van der Waals surface area contributed by atoms with Crippen molar-refractivity contribution in [3.05, 3.63) is 102 Å². The first-order chi connectivity index (χ1) is 15.7. The number of rotatable bonds is 9. The van der Waals surface area contributed by atoms with E-state index >= 15 is 0 Å². The highest BCUT2D eigenvalue weighted by molar-refractivity contribution is 8.00. The average Bonchev–Trinajstić information content (AvgIpc) is 3.22. The maximum atomic E-state index is 12.7. The van der Waals surface area contributed by atoms with E-state index < -0.39 is 0 Å². The minimum atomic E-state index is -0.284. The molecule has 0 spiro atoms. The summed E-state index contributed by atoms with van der Waals surface area (Å²) in [6.07, 6.45) is 0.812. The predicted molar refractivity (Wildman–Crippen MR) is 129 cm³/mol. The molecule has 0 aliphatic rings. The van der Waals surface area contributed by atoms with Crippen molar-refractivity contribution in [3.63, 3.8) is 0 Å². The van der Waals surface area contributed by atoms with Gasteiger partial charge in [-0.05, 0) is 24.5 Å². The fraction of sp³-hybridized carbons (Fsp3) is 0.192. The van der Waals surface area contributed by atoms with Crippen molar-refractivity contribution in [1.82, 2.24) is 20.1 Å². The second kappa shape index (κ2) is 10.8. The summed E-state index contributed by atoms with van der Waals surface area (Å²) >= 11 is 1.44. The van der Waals surface area contributed by atoms with Gasteiger partial charge in [-0.25, -0.2) is 0 Å². The highest BCUT2D eigenvalue weighted by atomic mass is 32.2. The molecule has 1 atom stereocenters. The third-order valence-corrected chi connectivity index (χ3v) is 6.22. The molecule has 1 heterocycles. The van der Waals surface area contributed by atoms with Crippen LogP contribution in [0.5, 0.6) is 0 Å². The summed E-state index contributed by atoms with van der Waals surface area (Å²) in [4.78, 5) is 12.7. The van der Waals surface area contributed by atoms with Crippen LogP contribution in [0, 0.1) is 0 Å². The molecule has 162 valence electrons. The third-order valence-electron chi connectivity index (χ3n) is 5.14. The fourth-order valence-corrected chi connectivity index (χ4v) is 4.29. The van der Waals surface area contributed by atoms with Gasteiger partial charge in [-0.2, -0.15) is 0 Å². The van der Waals surface area contributed by atoms with Crippen LogP contribution in [0.2, 0.25) is 0 Å². The summed E-state index contributed by atoms with van der Waals surface area (Å²) < 4.78 is 2.09. The number of nitrogens with zero attached hydrogens (tertiary/aromatic N) is 3. The molecule has 32 heavy (non-hydrogen) atoms. The zero-order valence-electron chi connectivity index (χ0n) is 18.0. The van der Waals surface area contributed by atoms with Gasteiger partial charge in [-0.1, -0.05) is 103 Å². The summed E-state index contributed by atoms with van der Waals surface area (Å²) in [5, 5.41) is 12.4. The minimum absolute atomic E-state index is 0.00135. The van der Waals surface area contributed by atoms with E-state index in [0.29, 0.717) is 13.1 Å². The fourth-order valence-electron chi connectivity index (χ4n) is 3.42. The maximum Gasteiger partial charge on any atom is 0.233 e. The van der Waals surface area contributed by atoms with Crippen molar-refractivity contribution < 1.29 is 4.79 Å². The van der Waals surface area contributed by atoms with Gasteiger partial charge in [0.15, 0.2) is 11.0 Å². The van der Waals surface area contributed by atoms with Crippen LogP contribution in [0.25, 0.3) is 11.4 Å². The molecule has 0 aliphatic carbocycles. The molecule has 4 aromatic rings. The first-order valence-corrected chi connectivity index (χ1v) is 11.6. The summed E-state index contributed by atoms with van der Waals surface area (Å²) in [5.74, 6) is 0.801. The summed E-state index contributed by atoms with van der Waals surface area (Å²) in [7, 11) is 0. The topological polar surface area (TPSA) is 59.8 Å². The SMILES string of the molecule is CC(Sc1nnc(-c2ccccc2)n1Cc1ccccc1)C(=O)NCCc1ccccc1. The molecule has 5 nitrogen and oxygen atoms in total. The average molecular weight is 443 g/mol. The number of carbonyl (C=O) groups is 1. The molecule has 0 fully saturated rings. The first kappa shape index (κ1) is 21.8. The van der Waals surface area contributed by atoms with Gasteiger partial charge in [0.2, 0.25) is 5.91 Å². The second-order valence-electron chi connectivity index (χ2n) is 7.53. The summed E-state index contributed by atoms with van der Waals surface area (Å²) in [6, 6.07) is 30.4. The molecular weight excluding hydrogens is 416 g/mol. The molecule has 0 saturated heterocycles. The lowest BCUT2D eigenvalue weighted by atomic mass is 10.1. The van der Waals surface area contributed by atoms with E-state index in [1.807, 2.05) is 73.7 Å². The highest BCUT2D eigenvalue weighted by Crippen LogP contribution is 2.27. The Morgan fingerprint density at radius 3 is 2.12 bits per heavy atom. The molecule has 0 radical (unpaired) electrons. The molecule has 0 bridgehead atoms. The van der Waals surface area contributed by atoms with Gasteiger partial charge in [0.05, 0.1) is 11.8 Å². The number of aromatic nitrogens is 3. The van der Waals surface area contributed by atoms with Crippen LogP contribution in [0.15, 0.2) is 96.2 Å². The van der Waals surface area contributed by atoms with Gasteiger partial charge in [-0.15, -0.1) is 10.2 Å². The zero-order valence-corrected chi connectivity index (χ0v) is 18.8. The standard InChI is InChI=1S/C26H26N4OS/c1-20(25(31)27-18-17-21-11-5-2-6-12-21)32-26-29-28-24(23-15-9-4-10-16-23)30(26)19-22-13-7-3-8-14-22/h2-16,20H,17-19H2,1H3,(H,27,31). The maximum absolute atomic E-state index is 12.7. The molecule has 1 amide bonds. The normalized spacial score (nSPS) is 11.8. The van der Waals surface area contributed by atoms with Crippen molar-refractivity contribution in [2.45, 2.75) is 30.3 Å². The van der Waals surface area contributed by atoms with Gasteiger partial charge in [0.1, 0.15) is 0 Å². The molecule has 0 saturated carbocycles. The lowest BCUT2D eigenvalue weighted by Crippen LogP contribution is -2.32. The smallest absolute Gasteiger partial charge is 0.233 e. The second-order valence-corrected chi connectivity index (χ2v) is 8.84. The molecule has 1 unspecified atom stereocenters. The number of nitrogens with one attached hydrogen (secondary N) is 1. The van der Waals surface area contributed by atoms with Crippen molar-refractivity contribution in [2.24, 2.45) is 0 Å². The van der Waals surface area contributed by atoms with E-state index in [-0.39, 0.29) is 11.2 Å². The van der Waals surface area contributed by atoms with Crippen LogP contribution >= 0.6 is 11.8 Å². The van der Waals surface area contributed by atoms with E-state index in [2.05, 4.69) is 44.3 Å². The number of hydrogen-bond acceptors (Lipinski definition) is 4. The van der Waals surface area contributed by atoms with Gasteiger partial charge in [0.25, 0.3) is 0 Å². The number of thioether (sulfide) groups is 1. The summed E-state index contributed by atoms with van der Waals surface area (Å²) in [5.41, 5.74) is 3.37. The molecule has 0 aliphatic heterocycles. The van der Waals surface area contributed by atoms with Crippen LogP contribution in [0.3, 0.4) is 0 Å². The predicted octanol–water partition coefficient (Wildman–Crippen LogP) is 4.83. The largest absolute Gasteiger partial charge is 0.355 e. The molecule has 4 rings (SSSR count). The van der Waals surface area contributed by atoms with Gasteiger partial charge in [0, 0.05) is 12.1 Å². The van der Waals surface area contributed by atoms with Crippen molar-refractivity contribution in [2.75, 3.05) is 6.54 Å². The Labute approximate surface area is 192 Å². The highest BCUT2D eigenvalue weighted by Gasteiger charge is 2.21. The lowest BCUT2D eigenvalue weighted by molar-refractivity contribution is -0.120. The molecule has 1 N–H and O–H groups in total. The van der Waals surface area contributed by atoms with E-state index in [1.165, 1.54) is 17.3 Å². The van der Waals surface area contributed by atoms with Crippen LogP contribution in [-0.2, 0) is 17.8 Å². The Balaban J connectivity index is 1.47. The Kier molecular flexibility index (Phi) is 7.35. The van der Waals surface area contributed by atoms with Crippen LogP contribution in [0.4, 0.5) is 0 Å². The molecule has 1 aromatic heterocycles. The number of carbonyl (C=O) groups excluding carboxylic acids is 1. The number of benzene rings is 3. The molecule has 3 aromatic carbocycles. The van der Waals surface area contributed by atoms with Gasteiger partial charge < -0.3 is 5.32 Å². The van der Waals surface area contributed by atoms with Crippen molar-refractivity contribution >= 4 is 17.7 Å². The minimum Gasteiger partial charge on any atom is -0.355 e. The van der Waals surface area contributed by atoms with Gasteiger partial charge >= 0.3 is 0 Å². The van der Waals surface area contributed by atoms with Crippen LogP contribution in [0.1, 0.15) is 18.1 Å². The first-order valence-electron chi connectivity index (χ1n) is 10.7. The quantitative estimate of drug-likeness (QED) is 0.377. The lowest BCUT2D eigenvalue weighted by Gasteiger charge is -2.14. The van der Waals surface area contributed by atoms with E-state index in [9.17, 15) is 4.79 Å². The van der Waals surface area contributed by atoms with E-state index in [4.69, 9.17) is 0 Å². The van der Waals surface area contributed by atoms with Crippen LogP contribution < -0.4 is 5.32 Å². The van der Waals surface area contributed by atoms with Crippen molar-refractivity contribution in [1.29, 1.82) is 0 Å². The zero-order chi connectivity index (χ0) is 22.2. The third kappa shape index (κ3) is 5.65. The Morgan fingerprint density at radius 1 is 0.875 bits per heavy atom. The Morgan fingerprint density at radius 2 is 1.47 bits per heavy atom. The Bertz CT molecular complexity index is 1130. The molecular formula is C26H26N4OS. The molecule has 6 heteroatoms. The monoisotopic (exact) mass is 442 g/mol. The van der Waals surface area contributed by atoms with Crippen LogP contribution in [-0.4, -0.2) is 32.5 Å². The van der Waals surface area contributed by atoms with Gasteiger partial charge in [-0.3, -0.25) is 9.36 Å². The summed E-state index contributed by atoms with van der Waals surface area (Å²) in [6.45, 7) is 3.16. The van der Waals surface area contributed by atoms with E-state index in [0.717, 1.165) is 28.5 Å².